The minimum absolute atomic E-state index is 0.312. The molecule has 2 aromatic carbocycles. The number of benzene rings is 2. The van der Waals surface area contributed by atoms with Crippen LogP contribution in [0.1, 0.15) is 62.6 Å². The van der Waals surface area contributed by atoms with Crippen LogP contribution in [0.15, 0.2) is 51.9 Å². The molecule has 3 aromatic rings. The highest BCUT2D eigenvalue weighted by atomic mass is 32.2. The number of halogens is 1. The van der Waals surface area contributed by atoms with Crippen molar-refractivity contribution in [3.63, 3.8) is 0 Å². The van der Waals surface area contributed by atoms with Crippen LogP contribution >= 0.6 is 0 Å². The highest BCUT2D eigenvalue weighted by molar-refractivity contribution is 7.89. The third-order valence-electron chi connectivity index (χ3n) is 6.69. The van der Waals surface area contributed by atoms with Crippen LogP contribution in [0.3, 0.4) is 0 Å². The second-order valence-electron chi connectivity index (χ2n) is 9.14. The maximum atomic E-state index is 13.4. The molecule has 4 rings (SSSR count). The first-order valence-corrected chi connectivity index (χ1v) is 13.8. The van der Waals surface area contributed by atoms with Gasteiger partial charge in [0.2, 0.25) is 10.0 Å². The Morgan fingerprint density at radius 1 is 1.12 bits per heavy atom. The van der Waals surface area contributed by atoms with Crippen LogP contribution in [0.4, 0.5) is 4.39 Å². The van der Waals surface area contributed by atoms with Gasteiger partial charge in [-0.05, 0) is 81.9 Å². The Bertz CT molecular complexity index is 1190. The zero-order valence-corrected chi connectivity index (χ0v) is 20.6. The number of unbranched alkanes of at least 4 members (excludes halogenated alkanes) is 2. The smallest absolute Gasteiger partial charge is 0.240 e. The molecule has 8 heteroatoms. The molecule has 184 valence electrons. The third-order valence-corrected chi connectivity index (χ3v) is 8.25. The van der Waals surface area contributed by atoms with Crippen LogP contribution in [0, 0.1) is 5.82 Å². The predicted octanol–water partition coefficient (Wildman–Crippen LogP) is 5.25. The zero-order chi connectivity index (χ0) is 24.0. The lowest BCUT2D eigenvalue weighted by Crippen LogP contribution is -2.34. The van der Waals surface area contributed by atoms with Gasteiger partial charge in [-0.2, -0.15) is 0 Å². The van der Waals surface area contributed by atoms with Gasteiger partial charge in [-0.15, -0.1) is 0 Å². The van der Waals surface area contributed by atoms with E-state index in [1.807, 2.05) is 12.1 Å². The van der Waals surface area contributed by atoms with Gasteiger partial charge in [0.25, 0.3) is 0 Å². The number of likely N-dealkylation sites (tertiary alicyclic amines) is 1. The first-order chi connectivity index (χ1) is 16.5. The summed E-state index contributed by atoms with van der Waals surface area (Å²) in [5.74, 6) is 0.00978. The van der Waals surface area contributed by atoms with Crippen molar-refractivity contribution in [2.45, 2.75) is 62.7 Å². The number of nitrogens with one attached hydrogen (secondary N) is 1. The van der Waals surface area contributed by atoms with E-state index in [4.69, 9.17) is 4.52 Å². The highest BCUT2D eigenvalue weighted by Gasteiger charge is 2.25. The Morgan fingerprint density at radius 3 is 2.71 bits per heavy atom. The van der Waals surface area contributed by atoms with Crippen molar-refractivity contribution < 1.29 is 17.3 Å². The number of hydrogen-bond donors (Lipinski definition) is 1. The van der Waals surface area contributed by atoms with Crippen molar-refractivity contribution in [1.82, 2.24) is 14.8 Å². The first kappa shape index (κ1) is 24.8. The summed E-state index contributed by atoms with van der Waals surface area (Å²) in [7, 11) is -3.48. The fourth-order valence-electron chi connectivity index (χ4n) is 4.74. The monoisotopic (exact) mass is 487 g/mol. The minimum atomic E-state index is -3.48. The molecule has 2 heterocycles. The van der Waals surface area contributed by atoms with E-state index in [1.165, 1.54) is 12.1 Å². The van der Waals surface area contributed by atoms with Gasteiger partial charge >= 0.3 is 0 Å². The second kappa shape index (κ2) is 11.4. The number of aromatic nitrogens is 1. The molecule has 0 amide bonds. The molecule has 1 aliphatic heterocycles. The molecule has 34 heavy (non-hydrogen) atoms. The summed E-state index contributed by atoms with van der Waals surface area (Å²) in [6, 6.07) is 11.9. The molecule has 0 spiro atoms. The lowest BCUT2D eigenvalue weighted by molar-refractivity contribution is 0.206. The van der Waals surface area contributed by atoms with Crippen molar-refractivity contribution in [2.24, 2.45) is 0 Å². The predicted molar refractivity (Wildman–Crippen MR) is 132 cm³/mol. The lowest BCUT2D eigenvalue weighted by Gasteiger charge is -2.31. The highest BCUT2D eigenvalue weighted by Crippen LogP contribution is 2.32. The minimum Gasteiger partial charge on any atom is -0.356 e. The lowest BCUT2D eigenvalue weighted by atomic mass is 9.91. The van der Waals surface area contributed by atoms with Crippen LogP contribution in [-0.2, 0) is 16.4 Å². The molecular weight excluding hydrogens is 453 g/mol. The van der Waals surface area contributed by atoms with E-state index in [0.29, 0.717) is 22.9 Å². The SMILES string of the molecule is CCCCc1ccccc1S(=O)(=O)NCCCCN1CCC(c2noc3cc(F)ccc23)CC1. The van der Waals surface area contributed by atoms with Gasteiger partial charge in [-0.3, -0.25) is 0 Å². The molecule has 0 bridgehead atoms. The van der Waals surface area contributed by atoms with E-state index in [-0.39, 0.29) is 5.82 Å². The van der Waals surface area contributed by atoms with E-state index in [2.05, 4.69) is 21.7 Å². The number of rotatable bonds is 11. The van der Waals surface area contributed by atoms with Gasteiger partial charge in [0.1, 0.15) is 5.82 Å². The maximum absolute atomic E-state index is 13.4. The molecule has 0 atom stereocenters. The van der Waals surface area contributed by atoms with Crippen molar-refractivity contribution >= 4 is 21.0 Å². The fraction of sp³-hybridized carbons (Fsp3) is 0.500. The normalized spacial score (nSPS) is 15.8. The average Bonchev–Trinajstić information content (AvgIpc) is 3.26. The second-order valence-corrected chi connectivity index (χ2v) is 10.9. The molecule has 1 fully saturated rings. The van der Waals surface area contributed by atoms with Gasteiger partial charge in [0.15, 0.2) is 5.58 Å². The molecule has 0 radical (unpaired) electrons. The van der Waals surface area contributed by atoms with Crippen molar-refractivity contribution in [1.29, 1.82) is 0 Å². The summed E-state index contributed by atoms with van der Waals surface area (Å²) in [6.45, 7) is 5.44. The van der Waals surface area contributed by atoms with Gasteiger partial charge < -0.3 is 9.42 Å². The summed E-state index contributed by atoms with van der Waals surface area (Å²) < 4.78 is 47.1. The summed E-state index contributed by atoms with van der Waals surface area (Å²) in [6.07, 6.45) is 6.51. The molecule has 0 unspecified atom stereocenters. The molecule has 1 aliphatic rings. The van der Waals surface area contributed by atoms with E-state index in [0.717, 1.165) is 81.2 Å². The van der Waals surface area contributed by atoms with Gasteiger partial charge in [-0.1, -0.05) is 36.7 Å². The quantitative estimate of drug-likeness (QED) is 0.374. The van der Waals surface area contributed by atoms with Crippen molar-refractivity contribution in [2.75, 3.05) is 26.2 Å². The van der Waals surface area contributed by atoms with Gasteiger partial charge in [-0.25, -0.2) is 17.5 Å². The summed E-state index contributed by atoms with van der Waals surface area (Å²) in [4.78, 5) is 2.83. The molecular formula is C26H34FN3O3S. The Morgan fingerprint density at radius 2 is 1.91 bits per heavy atom. The zero-order valence-electron chi connectivity index (χ0n) is 19.8. The topological polar surface area (TPSA) is 75.4 Å². The van der Waals surface area contributed by atoms with E-state index >= 15 is 0 Å². The summed E-state index contributed by atoms with van der Waals surface area (Å²) >= 11 is 0. The van der Waals surface area contributed by atoms with E-state index < -0.39 is 10.0 Å². The number of sulfonamides is 1. The number of aryl methyl sites for hydroxylation is 1. The van der Waals surface area contributed by atoms with E-state index in [1.54, 1.807) is 18.2 Å². The maximum Gasteiger partial charge on any atom is 0.240 e. The van der Waals surface area contributed by atoms with Crippen LogP contribution in [-0.4, -0.2) is 44.7 Å². The van der Waals surface area contributed by atoms with Gasteiger partial charge in [0, 0.05) is 23.9 Å². The van der Waals surface area contributed by atoms with Crippen molar-refractivity contribution in [3.8, 4) is 0 Å². The van der Waals surface area contributed by atoms with Crippen molar-refractivity contribution in [3.05, 3.63) is 59.5 Å². The Balaban J connectivity index is 1.20. The Labute approximate surface area is 201 Å². The average molecular weight is 488 g/mol. The fourth-order valence-corrected chi connectivity index (χ4v) is 6.08. The van der Waals surface area contributed by atoms with Gasteiger partial charge in [0.05, 0.1) is 10.6 Å². The number of fused-ring (bicyclic) bond motifs is 1. The Kier molecular flexibility index (Phi) is 8.34. The molecule has 0 saturated carbocycles. The molecule has 6 nitrogen and oxygen atoms in total. The van der Waals surface area contributed by atoms with Crippen LogP contribution in [0.5, 0.6) is 0 Å². The van der Waals surface area contributed by atoms with Crippen LogP contribution in [0.2, 0.25) is 0 Å². The molecule has 1 N–H and O–H groups in total. The third kappa shape index (κ3) is 6.03. The summed E-state index contributed by atoms with van der Waals surface area (Å²) in [5, 5.41) is 5.12. The van der Waals surface area contributed by atoms with E-state index in [9.17, 15) is 12.8 Å². The van der Waals surface area contributed by atoms with Crippen LogP contribution in [0.25, 0.3) is 11.0 Å². The largest absolute Gasteiger partial charge is 0.356 e. The molecule has 1 saturated heterocycles. The Hall–Kier alpha value is -2.29. The number of nitrogens with zero attached hydrogens (tertiary/aromatic N) is 2. The first-order valence-electron chi connectivity index (χ1n) is 12.3. The molecule has 0 aliphatic carbocycles. The number of piperidine rings is 1. The van der Waals surface area contributed by atoms with Crippen LogP contribution < -0.4 is 4.72 Å². The summed E-state index contributed by atoms with van der Waals surface area (Å²) in [5.41, 5.74) is 2.33. The molecule has 1 aromatic heterocycles. The number of hydrogen-bond acceptors (Lipinski definition) is 5. The standard InChI is InChI=1S/C26H34FN3O3S/c1-2-3-8-20-9-4-5-10-25(20)34(31,32)28-15-6-7-16-30-17-13-21(14-18-30)26-23-12-11-22(27)19-24(23)33-29-26/h4-5,9-12,19,21,28H,2-3,6-8,13-18H2,1H3.